The first-order valence-corrected chi connectivity index (χ1v) is 6.45. The number of ether oxygens (including phenoxy) is 1. The number of carbonyl (C=O) groups excluding carboxylic acids is 1. The fraction of sp³-hybridized carbons (Fsp3) is 0.417. The maximum absolute atomic E-state index is 11.3. The highest BCUT2D eigenvalue weighted by Crippen LogP contribution is 2.38. The molecule has 0 aliphatic carbocycles. The Morgan fingerprint density at radius 1 is 1.50 bits per heavy atom. The monoisotopic (exact) mass is 353 g/mol. The van der Waals surface area contributed by atoms with Crippen molar-refractivity contribution in [2.75, 3.05) is 6.61 Å². The maximum atomic E-state index is 11.3. The van der Waals surface area contributed by atoms with E-state index >= 15 is 0 Å². The number of hydrogen-bond acceptors (Lipinski definition) is 2. The first kappa shape index (κ1) is 15.6. The highest BCUT2D eigenvalue weighted by Gasteiger charge is 2.37. The van der Waals surface area contributed by atoms with E-state index in [1.54, 1.807) is 0 Å². The molecule has 1 aromatic carbocycles. The third-order valence-corrected chi connectivity index (χ3v) is 4.11. The molecule has 1 atom stereocenters. The van der Waals surface area contributed by atoms with Crippen LogP contribution in [-0.4, -0.2) is 12.7 Å². The lowest BCUT2D eigenvalue weighted by atomic mass is 9.80. The van der Waals surface area contributed by atoms with Gasteiger partial charge in [-0.25, -0.2) is 4.79 Å². The minimum absolute atomic E-state index is 0. The van der Waals surface area contributed by atoms with Crippen LogP contribution >= 0.6 is 39.9 Å². The number of benzene rings is 1. The zero-order valence-electron chi connectivity index (χ0n) is 10.00. The van der Waals surface area contributed by atoms with Crippen molar-refractivity contribution in [1.29, 1.82) is 0 Å². The summed E-state index contributed by atoms with van der Waals surface area (Å²) in [7, 11) is 0. The van der Waals surface area contributed by atoms with E-state index in [4.69, 9.17) is 16.3 Å². The van der Waals surface area contributed by atoms with Gasteiger partial charge < -0.3 is 10.1 Å². The van der Waals surface area contributed by atoms with Crippen molar-refractivity contribution in [2.45, 2.75) is 19.9 Å². The van der Waals surface area contributed by atoms with E-state index in [2.05, 4.69) is 35.1 Å². The molecule has 1 N–H and O–H groups in total. The second kappa shape index (κ2) is 5.68. The zero-order chi connectivity index (χ0) is 12.6. The molecule has 0 saturated carbocycles. The molecule has 0 spiro atoms. The van der Waals surface area contributed by atoms with Crippen molar-refractivity contribution in [2.24, 2.45) is 5.41 Å². The SMILES string of the molecule is CC1(C)COC(=O)N[C@H]1c1ccc(Cl)c(Br)c1.Cl. The van der Waals surface area contributed by atoms with Crippen LogP contribution in [0.1, 0.15) is 25.5 Å². The Bertz CT molecular complexity index is 465. The quantitative estimate of drug-likeness (QED) is 0.814. The Hall–Kier alpha value is -0.450. The first-order valence-electron chi connectivity index (χ1n) is 5.28. The lowest BCUT2D eigenvalue weighted by Gasteiger charge is -2.38. The average molecular weight is 355 g/mol. The van der Waals surface area contributed by atoms with Crippen molar-refractivity contribution in [3.05, 3.63) is 33.3 Å². The number of nitrogens with one attached hydrogen (secondary N) is 1. The molecule has 0 bridgehead atoms. The molecule has 1 aliphatic heterocycles. The Balaban J connectivity index is 0.00000162. The van der Waals surface area contributed by atoms with Gasteiger partial charge in [0.15, 0.2) is 0 Å². The molecule has 6 heteroatoms. The predicted octanol–water partition coefficient (Wildman–Crippen LogP) is 4.33. The summed E-state index contributed by atoms with van der Waals surface area (Å²) >= 11 is 9.35. The van der Waals surface area contributed by atoms with Crippen LogP contribution in [0.15, 0.2) is 22.7 Å². The fourth-order valence-corrected chi connectivity index (χ4v) is 2.43. The summed E-state index contributed by atoms with van der Waals surface area (Å²) in [5.41, 5.74) is 0.865. The molecule has 0 radical (unpaired) electrons. The van der Waals surface area contributed by atoms with E-state index in [0.717, 1.165) is 10.0 Å². The van der Waals surface area contributed by atoms with Crippen LogP contribution in [0, 0.1) is 5.41 Å². The van der Waals surface area contributed by atoms with Gasteiger partial charge in [0.25, 0.3) is 0 Å². The third-order valence-electron chi connectivity index (χ3n) is 2.90. The molecule has 1 saturated heterocycles. The molecule has 2 rings (SSSR count). The highest BCUT2D eigenvalue weighted by atomic mass is 79.9. The number of amides is 1. The largest absolute Gasteiger partial charge is 0.449 e. The van der Waals surface area contributed by atoms with Crippen molar-refractivity contribution in [3.63, 3.8) is 0 Å². The van der Waals surface area contributed by atoms with E-state index in [9.17, 15) is 4.79 Å². The Labute approximate surface area is 126 Å². The van der Waals surface area contributed by atoms with Crippen molar-refractivity contribution >= 4 is 46.0 Å². The van der Waals surface area contributed by atoms with E-state index in [1.165, 1.54) is 0 Å². The van der Waals surface area contributed by atoms with Crippen LogP contribution in [0.25, 0.3) is 0 Å². The van der Waals surface area contributed by atoms with Crippen LogP contribution in [0.5, 0.6) is 0 Å². The van der Waals surface area contributed by atoms with Gasteiger partial charge in [0, 0.05) is 9.89 Å². The molecule has 1 aliphatic rings. The minimum Gasteiger partial charge on any atom is -0.449 e. The second-order valence-electron chi connectivity index (χ2n) is 4.82. The minimum atomic E-state index is -0.375. The molecular weight excluding hydrogens is 341 g/mol. The Kier molecular flexibility index (Phi) is 4.92. The summed E-state index contributed by atoms with van der Waals surface area (Å²) in [6.07, 6.45) is -0.375. The normalized spacial score (nSPS) is 21.6. The second-order valence-corrected chi connectivity index (χ2v) is 6.08. The highest BCUT2D eigenvalue weighted by molar-refractivity contribution is 9.10. The Morgan fingerprint density at radius 2 is 2.17 bits per heavy atom. The maximum Gasteiger partial charge on any atom is 0.407 e. The molecule has 1 aromatic rings. The molecular formula is C12H14BrCl2NO2. The van der Waals surface area contributed by atoms with E-state index in [1.807, 2.05) is 18.2 Å². The number of halogens is 3. The fourth-order valence-electron chi connectivity index (χ4n) is 1.92. The van der Waals surface area contributed by atoms with Crippen LogP contribution in [-0.2, 0) is 4.74 Å². The molecule has 0 unspecified atom stereocenters. The van der Waals surface area contributed by atoms with Crippen molar-refractivity contribution in [3.8, 4) is 0 Å². The van der Waals surface area contributed by atoms with Crippen LogP contribution in [0.2, 0.25) is 5.02 Å². The van der Waals surface area contributed by atoms with Gasteiger partial charge in [-0.3, -0.25) is 0 Å². The van der Waals surface area contributed by atoms with Gasteiger partial charge in [-0.1, -0.05) is 31.5 Å². The summed E-state index contributed by atoms with van der Waals surface area (Å²) in [4.78, 5) is 11.3. The molecule has 0 aromatic heterocycles. The molecule has 1 amide bonds. The van der Waals surface area contributed by atoms with Gasteiger partial charge in [-0.05, 0) is 33.6 Å². The van der Waals surface area contributed by atoms with Crippen LogP contribution in [0.4, 0.5) is 4.79 Å². The number of hydrogen-bond donors (Lipinski definition) is 1. The van der Waals surface area contributed by atoms with Gasteiger partial charge in [-0.15, -0.1) is 12.4 Å². The summed E-state index contributed by atoms with van der Waals surface area (Å²) in [6.45, 7) is 4.52. The van der Waals surface area contributed by atoms with Crippen LogP contribution in [0.3, 0.4) is 0 Å². The lowest BCUT2D eigenvalue weighted by Crippen LogP contribution is -2.46. The van der Waals surface area contributed by atoms with Gasteiger partial charge in [0.2, 0.25) is 0 Å². The smallest absolute Gasteiger partial charge is 0.407 e. The average Bonchev–Trinajstić information content (AvgIpc) is 2.26. The standard InChI is InChI=1S/C12H13BrClNO2.ClH/c1-12(2)6-17-11(16)15-10(12)7-3-4-9(14)8(13)5-7;/h3-5,10H,6H2,1-2H3,(H,15,16);1H/t10-;/m0./s1. The van der Waals surface area contributed by atoms with Crippen LogP contribution < -0.4 is 5.32 Å². The van der Waals surface area contributed by atoms with E-state index in [-0.39, 0.29) is 30.0 Å². The Morgan fingerprint density at radius 3 is 2.78 bits per heavy atom. The van der Waals surface area contributed by atoms with Gasteiger partial charge >= 0.3 is 6.09 Å². The molecule has 1 heterocycles. The van der Waals surface area contributed by atoms with Crippen molar-refractivity contribution < 1.29 is 9.53 Å². The van der Waals surface area contributed by atoms with Crippen molar-refractivity contribution in [1.82, 2.24) is 5.32 Å². The lowest BCUT2D eigenvalue weighted by molar-refractivity contribution is 0.0387. The summed E-state index contributed by atoms with van der Waals surface area (Å²) in [5.74, 6) is 0. The summed E-state index contributed by atoms with van der Waals surface area (Å²) in [5, 5.41) is 3.50. The summed E-state index contributed by atoms with van der Waals surface area (Å²) in [6, 6.07) is 5.60. The summed E-state index contributed by atoms with van der Waals surface area (Å²) < 4.78 is 5.84. The predicted molar refractivity (Wildman–Crippen MR) is 77.4 cm³/mol. The van der Waals surface area contributed by atoms with Gasteiger partial charge in [0.05, 0.1) is 11.1 Å². The number of alkyl carbamates (subject to hydrolysis) is 1. The third kappa shape index (κ3) is 3.11. The molecule has 18 heavy (non-hydrogen) atoms. The van der Waals surface area contributed by atoms with Gasteiger partial charge in [0.1, 0.15) is 6.61 Å². The van der Waals surface area contributed by atoms with Gasteiger partial charge in [-0.2, -0.15) is 0 Å². The molecule has 3 nitrogen and oxygen atoms in total. The number of carbonyl (C=O) groups is 1. The molecule has 100 valence electrons. The number of cyclic esters (lactones) is 1. The molecule has 1 fully saturated rings. The number of rotatable bonds is 1. The topological polar surface area (TPSA) is 38.3 Å². The zero-order valence-corrected chi connectivity index (χ0v) is 13.2. The van der Waals surface area contributed by atoms with E-state index in [0.29, 0.717) is 11.6 Å². The van der Waals surface area contributed by atoms with E-state index < -0.39 is 0 Å². The first-order chi connectivity index (χ1) is 7.90.